The number of halogens is 7. The molecule has 2 aliphatic carbocycles. The lowest BCUT2D eigenvalue weighted by atomic mass is 9.96. The molecule has 0 N–H and O–H groups in total. The van der Waals surface area contributed by atoms with Crippen molar-refractivity contribution in [2.24, 2.45) is 0 Å². The molecule has 0 radical (unpaired) electrons. The second-order valence-corrected chi connectivity index (χ2v) is 6.22. The van der Waals surface area contributed by atoms with E-state index >= 15 is 0 Å². The van der Waals surface area contributed by atoms with Crippen LogP contribution in [0.2, 0.25) is 0 Å². The van der Waals surface area contributed by atoms with Crippen molar-refractivity contribution < 1.29 is 30.7 Å². The van der Waals surface area contributed by atoms with E-state index in [0.717, 1.165) is 12.1 Å². The molecule has 0 heterocycles. The molecule has 0 unspecified atom stereocenters. The van der Waals surface area contributed by atoms with Gasteiger partial charge in [0.25, 0.3) is 0 Å². The van der Waals surface area contributed by atoms with Gasteiger partial charge in [0.05, 0.1) is 0 Å². The molecule has 0 saturated heterocycles. The summed E-state index contributed by atoms with van der Waals surface area (Å²) in [5.41, 5.74) is -0.550. The Hall–Kier alpha value is -2.83. The van der Waals surface area contributed by atoms with Gasteiger partial charge in [0.1, 0.15) is 23.3 Å². The van der Waals surface area contributed by atoms with Crippen molar-refractivity contribution in [2.45, 2.75) is 19.0 Å². The van der Waals surface area contributed by atoms with Gasteiger partial charge in [0.15, 0.2) is 0 Å². The minimum absolute atomic E-state index is 0.257. The molecule has 3 rings (SSSR count). The Morgan fingerprint density at radius 3 is 2.11 bits per heavy atom. The van der Waals surface area contributed by atoms with E-state index in [-0.39, 0.29) is 17.7 Å². The van der Waals surface area contributed by atoms with Gasteiger partial charge in [0.2, 0.25) is 0 Å². The van der Waals surface area contributed by atoms with Gasteiger partial charge in [-0.2, -0.15) is 13.2 Å². The summed E-state index contributed by atoms with van der Waals surface area (Å²) in [6, 6.07) is 2.13. The summed E-state index contributed by atoms with van der Waals surface area (Å²) in [6.45, 7) is 0. The zero-order chi connectivity index (χ0) is 20.5. The number of alkyl halides is 3. The molecule has 1 aromatic rings. The highest BCUT2D eigenvalue weighted by Crippen LogP contribution is 2.32. The molecular formula is C21H13F7. The van der Waals surface area contributed by atoms with Crippen LogP contribution < -0.4 is 10.4 Å². The predicted molar refractivity (Wildman–Crippen MR) is 92.5 cm³/mol. The topological polar surface area (TPSA) is 0 Å². The van der Waals surface area contributed by atoms with E-state index < -0.39 is 46.7 Å². The molecule has 0 bridgehead atoms. The second kappa shape index (κ2) is 7.66. The smallest absolute Gasteiger partial charge is 0.211 e. The maximum absolute atomic E-state index is 14.5. The lowest BCUT2D eigenvalue weighted by Gasteiger charge is -2.13. The summed E-state index contributed by atoms with van der Waals surface area (Å²) in [5, 5.41) is -0.311. The minimum atomic E-state index is -4.74. The van der Waals surface area contributed by atoms with Crippen molar-refractivity contribution >= 4 is 11.1 Å². The number of hydrogen-bond acceptors (Lipinski definition) is 0. The standard InChI is InChI=1S/C21H13F7/c22-16-10-14(11-17(23)15(16)6-7-21(26,27)28)20-18(24)8-13(9-19(20)25)12-4-2-1-3-5-12/h1-4,6-10H,5,11H2/b7-6+,13-12?,20-14?. The maximum Gasteiger partial charge on any atom is 0.409 e. The first-order valence-electron chi connectivity index (χ1n) is 8.22. The number of allylic oxidation sites excluding steroid dienone is 10. The molecule has 0 saturated carbocycles. The average Bonchev–Trinajstić information content (AvgIpc) is 2.60. The molecule has 0 nitrogen and oxygen atoms in total. The average molecular weight is 398 g/mol. The maximum atomic E-state index is 14.5. The van der Waals surface area contributed by atoms with Gasteiger partial charge in [-0.1, -0.05) is 24.3 Å². The third-order valence-electron chi connectivity index (χ3n) is 4.25. The molecular weight excluding hydrogens is 385 g/mol. The highest BCUT2D eigenvalue weighted by molar-refractivity contribution is 5.67. The van der Waals surface area contributed by atoms with E-state index in [1.165, 1.54) is 0 Å². The molecule has 0 atom stereocenters. The quantitative estimate of drug-likeness (QED) is 0.557. The highest BCUT2D eigenvalue weighted by atomic mass is 19.4. The summed E-state index contributed by atoms with van der Waals surface area (Å²) in [5.74, 6) is -4.59. The van der Waals surface area contributed by atoms with Gasteiger partial charge in [-0.25, -0.2) is 17.6 Å². The van der Waals surface area contributed by atoms with E-state index in [9.17, 15) is 30.7 Å². The van der Waals surface area contributed by atoms with E-state index in [2.05, 4.69) is 0 Å². The van der Waals surface area contributed by atoms with Crippen molar-refractivity contribution in [3.05, 3.63) is 94.0 Å². The van der Waals surface area contributed by atoms with Crippen LogP contribution in [0, 0.1) is 11.6 Å². The third-order valence-corrected chi connectivity index (χ3v) is 4.25. The Bertz CT molecular complexity index is 1050. The fraction of sp³-hybridized carbons (Fsp3) is 0.143. The fourth-order valence-corrected chi connectivity index (χ4v) is 2.97. The first-order chi connectivity index (χ1) is 13.2. The van der Waals surface area contributed by atoms with Gasteiger partial charge in [-0.3, -0.25) is 0 Å². The summed E-state index contributed by atoms with van der Waals surface area (Å²) in [7, 11) is 0. The lowest BCUT2D eigenvalue weighted by Crippen LogP contribution is -2.23. The van der Waals surface area contributed by atoms with Crippen LogP contribution in [0.1, 0.15) is 12.8 Å². The van der Waals surface area contributed by atoms with Gasteiger partial charge in [-0.15, -0.1) is 0 Å². The van der Waals surface area contributed by atoms with Gasteiger partial charge < -0.3 is 0 Å². The van der Waals surface area contributed by atoms with Gasteiger partial charge in [0, 0.05) is 23.3 Å². The lowest BCUT2D eigenvalue weighted by molar-refractivity contribution is -0.0798. The Morgan fingerprint density at radius 2 is 1.57 bits per heavy atom. The van der Waals surface area contributed by atoms with Crippen LogP contribution in [0.5, 0.6) is 0 Å². The van der Waals surface area contributed by atoms with Crippen LogP contribution in [-0.4, -0.2) is 6.18 Å². The van der Waals surface area contributed by atoms with Gasteiger partial charge >= 0.3 is 6.18 Å². The summed E-state index contributed by atoms with van der Waals surface area (Å²) in [6.07, 6.45) is 2.62. The summed E-state index contributed by atoms with van der Waals surface area (Å²) < 4.78 is 94.0. The summed E-state index contributed by atoms with van der Waals surface area (Å²) >= 11 is 0. The van der Waals surface area contributed by atoms with E-state index in [0.29, 0.717) is 23.3 Å². The Morgan fingerprint density at radius 1 is 0.893 bits per heavy atom. The molecule has 146 valence electrons. The Labute approximate surface area is 155 Å². The minimum Gasteiger partial charge on any atom is -0.211 e. The highest BCUT2D eigenvalue weighted by Gasteiger charge is 2.25. The fourth-order valence-electron chi connectivity index (χ4n) is 2.97. The van der Waals surface area contributed by atoms with E-state index in [1.807, 2.05) is 6.08 Å². The molecule has 0 spiro atoms. The largest absolute Gasteiger partial charge is 0.409 e. The first-order valence-corrected chi connectivity index (χ1v) is 8.22. The van der Waals surface area contributed by atoms with E-state index in [1.54, 1.807) is 18.2 Å². The predicted octanol–water partition coefficient (Wildman–Crippen LogP) is 5.38. The third kappa shape index (κ3) is 4.35. The second-order valence-electron chi connectivity index (χ2n) is 6.22. The number of hydrogen-bond donors (Lipinski definition) is 0. The van der Waals surface area contributed by atoms with Crippen molar-refractivity contribution in [2.75, 3.05) is 0 Å². The summed E-state index contributed by atoms with van der Waals surface area (Å²) in [4.78, 5) is 0. The van der Waals surface area contributed by atoms with Gasteiger partial charge in [-0.05, 0) is 47.1 Å². The molecule has 0 aromatic heterocycles. The molecule has 7 heteroatoms. The monoisotopic (exact) mass is 398 g/mol. The molecule has 28 heavy (non-hydrogen) atoms. The first kappa shape index (κ1) is 19.9. The van der Waals surface area contributed by atoms with Crippen LogP contribution in [0.3, 0.4) is 0 Å². The molecule has 2 aliphatic rings. The molecule has 1 aromatic carbocycles. The Kier molecular flexibility index (Phi) is 5.45. The normalized spacial score (nSPS) is 17.8. The zero-order valence-corrected chi connectivity index (χ0v) is 14.3. The van der Waals surface area contributed by atoms with Crippen LogP contribution in [0.15, 0.2) is 71.9 Å². The van der Waals surface area contributed by atoms with E-state index in [4.69, 9.17) is 0 Å². The molecule has 0 amide bonds. The van der Waals surface area contributed by atoms with Crippen LogP contribution in [0.4, 0.5) is 30.7 Å². The van der Waals surface area contributed by atoms with Crippen molar-refractivity contribution in [3.63, 3.8) is 0 Å². The number of benzene rings is 1. The van der Waals surface area contributed by atoms with Crippen molar-refractivity contribution in [1.29, 1.82) is 0 Å². The molecule has 0 fully saturated rings. The van der Waals surface area contributed by atoms with Crippen molar-refractivity contribution in [3.8, 4) is 0 Å². The zero-order valence-electron chi connectivity index (χ0n) is 14.3. The SMILES string of the molecule is FC1=CC(=c2c(F)cc(=C3C=CC=CC3)cc2F)CC(F)=C1/C=C/C(F)(F)F. The van der Waals surface area contributed by atoms with Crippen molar-refractivity contribution in [1.82, 2.24) is 0 Å². The van der Waals surface area contributed by atoms with Crippen LogP contribution >= 0.6 is 0 Å². The molecule has 0 aliphatic heterocycles. The number of rotatable bonds is 1. The van der Waals surface area contributed by atoms with Crippen LogP contribution in [-0.2, 0) is 0 Å². The Balaban J connectivity index is 2.09. The van der Waals surface area contributed by atoms with Crippen LogP contribution in [0.25, 0.3) is 11.1 Å².